The summed E-state index contributed by atoms with van der Waals surface area (Å²) in [5.74, 6) is 0.0416. The zero-order valence-electron chi connectivity index (χ0n) is 18.6. The van der Waals surface area contributed by atoms with Crippen LogP contribution >= 0.6 is 11.8 Å². The minimum absolute atomic E-state index is 0.0139. The number of amides is 2. The number of rotatable bonds is 6. The highest BCUT2D eigenvalue weighted by Crippen LogP contribution is 2.35. The molecule has 9 heteroatoms. The third-order valence-electron chi connectivity index (χ3n) is 5.30. The summed E-state index contributed by atoms with van der Waals surface area (Å²) in [6.07, 6.45) is 1.73. The van der Waals surface area contributed by atoms with Crippen molar-refractivity contribution >= 4 is 35.0 Å². The summed E-state index contributed by atoms with van der Waals surface area (Å²) < 4.78 is 17.4. The number of benzene rings is 1. The van der Waals surface area contributed by atoms with Gasteiger partial charge < -0.3 is 18.5 Å². The van der Waals surface area contributed by atoms with Crippen LogP contribution in [-0.2, 0) is 16.1 Å². The Morgan fingerprint density at radius 1 is 1.12 bits per heavy atom. The lowest BCUT2D eigenvalue weighted by Crippen LogP contribution is -2.27. The third kappa shape index (κ3) is 4.31. The first kappa shape index (κ1) is 22.5. The van der Waals surface area contributed by atoms with Gasteiger partial charge in [0.1, 0.15) is 11.5 Å². The first-order valence-corrected chi connectivity index (χ1v) is 10.9. The zero-order chi connectivity index (χ0) is 23.7. The Labute approximate surface area is 194 Å². The second kappa shape index (κ2) is 9.03. The van der Waals surface area contributed by atoms with E-state index in [0.29, 0.717) is 10.7 Å². The van der Waals surface area contributed by atoms with E-state index < -0.39 is 17.1 Å². The van der Waals surface area contributed by atoms with Gasteiger partial charge in [0.15, 0.2) is 0 Å². The van der Waals surface area contributed by atoms with Gasteiger partial charge in [0, 0.05) is 23.1 Å². The van der Waals surface area contributed by atoms with Crippen LogP contribution in [0.2, 0.25) is 0 Å². The number of hydrogen-bond donors (Lipinski definition) is 0. The summed E-state index contributed by atoms with van der Waals surface area (Å²) in [4.78, 5) is 38.4. The molecule has 1 aliphatic rings. The maximum Gasteiger partial charge on any atom is 0.373 e. The molecule has 0 unspecified atom stereocenters. The van der Waals surface area contributed by atoms with Crippen molar-refractivity contribution < 1.29 is 28.3 Å². The number of hydrogen-bond acceptors (Lipinski definition) is 7. The Morgan fingerprint density at radius 2 is 1.91 bits per heavy atom. The maximum absolute atomic E-state index is 12.9. The molecule has 33 heavy (non-hydrogen) atoms. The molecule has 1 aromatic carbocycles. The summed E-state index contributed by atoms with van der Waals surface area (Å²) >= 11 is 0.875. The molecule has 4 rings (SSSR count). The fourth-order valence-corrected chi connectivity index (χ4v) is 4.52. The Kier molecular flexibility index (Phi) is 6.15. The molecule has 1 aliphatic heterocycles. The van der Waals surface area contributed by atoms with Crippen LogP contribution in [0.5, 0.6) is 5.75 Å². The quantitative estimate of drug-likeness (QED) is 0.383. The number of imide groups is 1. The van der Waals surface area contributed by atoms with Gasteiger partial charge >= 0.3 is 5.97 Å². The SMILES string of the molecule is COC(=O)c1ccc(CN2C(=O)S/C(=C\c3cc(C)n(-c4cccc(OC)c4)c3C)C2=O)o1. The van der Waals surface area contributed by atoms with Gasteiger partial charge in [-0.3, -0.25) is 14.5 Å². The van der Waals surface area contributed by atoms with Crippen molar-refractivity contribution in [3.8, 4) is 11.4 Å². The van der Waals surface area contributed by atoms with E-state index in [1.54, 1.807) is 19.3 Å². The van der Waals surface area contributed by atoms with Crippen LogP contribution in [-0.4, -0.2) is 40.8 Å². The topological polar surface area (TPSA) is 91.0 Å². The van der Waals surface area contributed by atoms with Crippen molar-refractivity contribution in [2.45, 2.75) is 20.4 Å². The lowest BCUT2D eigenvalue weighted by atomic mass is 10.2. The van der Waals surface area contributed by atoms with Crippen molar-refractivity contribution in [2.24, 2.45) is 0 Å². The average Bonchev–Trinajstić information content (AvgIpc) is 3.46. The third-order valence-corrected chi connectivity index (χ3v) is 6.21. The van der Waals surface area contributed by atoms with E-state index in [-0.39, 0.29) is 12.3 Å². The van der Waals surface area contributed by atoms with Crippen molar-refractivity contribution in [1.82, 2.24) is 9.47 Å². The van der Waals surface area contributed by atoms with Crippen molar-refractivity contribution in [3.63, 3.8) is 0 Å². The normalized spacial score (nSPS) is 14.9. The number of methoxy groups -OCH3 is 2. The molecule has 0 atom stereocenters. The number of carbonyl (C=O) groups is 3. The number of carbonyl (C=O) groups excluding carboxylic acids is 3. The Bertz CT molecular complexity index is 1290. The van der Waals surface area contributed by atoms with E-state index in [1.165, 1.54) is 13.2 Å². The van der Waals surface area contributed by atoms with Crippen molar-refractivity contribution in [1.29, 1.82) is 0 Å². The molecule has 0 bridgehead atoms. The Balaban J connectivity index is 1.59. The molecule has 1 fully saturated rings. The van der Waals surface area contributed by atoms with Crippen molar-refractivity contribution in [2.75, 3.05) is 14.2 Å². The van der Waals surface area contributed by atoms with Crippen LogP contribution in [0.15, 0.2) is 51.8 Å². The molecule has 170 valence electrons. The predicted molar refractivity (Wildman–Crippen MR) is 123 cm³/mol. The van der Waals surface area contributed by atoms with Gasteiger partial charge in [-0.15, -0.1) is 0 Å². The fraction of sp³-hybridized carbons (Fsp3) is 0.208. The minimum Gasteiger partial charge on any atom is -0.497 e. The highest BCUT2D eigenvalue weighted by atomic mass is 32.2. The van der Waals surface area contributed by atoms with Crippen LogP contribution in [0, 0.1) is 13.8 Å². The molecule has 8 nitrogen and oxygen atoms in total. The number of nitrogens with zero attached hydrogens (tertiary/aromatic N) is 2. The number of thioether (sulfide) groups is 1. The smallest absolute Gasteiger partial charge is 0.373 e. The minimum atomic E-state index is -0.623. The molecule has 3 heterocycles. The molecule has 2 aromatic heterocycles. The van der Waals surface area contributed by atoms with Gasteiger partial charge in [0.2, 0.25) is 5.76 Å². The molecule has 0 saturated carbocycles. The Morgan fingerprint density at radius 3 is 2.64 bits per heavy atom. The first-order valence-electron chi connectivity index (χ1n) is 10.1. The van der Waals surface area contributed by atoms with Gasteiger partial charge in [-0.25, -0.2) is 4.79 Å². The number of esters is 1. The monoisotopic (exact) mass is 466 g/mol. The second-order valence-electron chi connectivity index (χ2n) is 7.39. The highest BCUT2D eigenvalue weighted by Gasteiger charge is 2.36. The number of aryl methyl sites for hydroxylation is 1. The fourth-order valence-electron chi connectivity index (χ4n) is 3.69. The molecule has 3 aromatic rings. The van der Waals surface area contributed by atoms with E-state index in [9.17, 15) is 14.4 Å². The molecular weight excluding hydrogens is 444 g/mol. The van der Waals surface area contributed by atoms with Crippen molar-refractivity contribution in [3.05, 3.63) is 75.8 Å². The van der Waals surface area contributed by atoms with E-state index in [1.807, 2.05) is 44.2 Å². The highest BCUT2D eigenvalue weighted by molar-refractivity contribution is 8.18. The summed E-state index contributed by atoms with van der Waals surface area (Å²) in [6, 6.07) is 12.7. The zero-order valence-corrected chi connectivity index (χ0v) is 19.4. The van der Waals surface area contributed by atoms with E-state index in [2.05, 4.69) is 9.30 Å². The Hall–Kier alpha value is -3.72. The second-order valence-corrected chi connectivity index (χ2v) is 8.38. The van der Waals surface area contributed by atoms with Gasteiger partial charge in [-0.1, -0.05) is 6.07 Å². The van der Waals surface area contributed by atoms with E-state index >= 15 is 0 Å². The van der Waals surface area contributed by atoms with Gasteiger partial charge in [-0.2, -0.15) is 0 Å². The molecule has 0 aliphatic carbocycles. The summed E-state index contributed by atoms with van der Waals surface area (Å²) in [7, 11) is 2.87. The lowest BCUT2D eigenvalue weighted by Gasteiger charge is -2.11. The molecule has 0 radical (unpaired) electrons. The molecule has 1 saturated heterocycles. The van der Waals surface area contributed by atoms with Gasteiger partial charge in [-0.05, 0) is 67.6 Å². The number of ether oxygens (including phenoxy) is 2. The molecule has 0 spiro atoms. The predicted octanol–water partition coefficient (Wildman–Crippen LogP) is 4.72. The maximum atomic E-state index is 12.9. The summed E-state index contributed by atoms with van der Waals surface area (Å²) in [5, 5.41) is -0.399. The lowest BCUT2D eigenvalue weighted by molar-refractivity contribution is -0.123. The van der Waals surface area contributed by atoms with Gasteiger partial charge in [0.05, 0.1) is 25.7 Å². The largest absolute Gasteiger partial charge is 0.497 e. The average molecular weight is 467 g/mol. The van der Waals surface area contributed by atoms with Crippen LogP contribution in [0.3, 0.4) is 0 Å². The molecule has 2 amide bonds. The van der Waals surface area contributed by atoms with Gasteiger partial charge in [0.25, 0.3) is 11.1 Å². The summed E-state index contributed by atoms with van der Waals surface area (Å²) in [5.41, 5.74) is 3.70. The molecule has 0 N–H and O–H groups in total. The number of furan rings is 1. The van der Waals surface area contributed by atoms with Crippen LogP contribution in [0.1, 0.15) is 33.3 Å². The standard InChI is InChI=1S/C24H22N2O6S/c1-14-10-16(15(2)26(14)17-6-5-7-18(12-17)30-3)11-21-22(27)25(24(29)33-21)13-19-8-9-20(32-19)23(28)31-4/h5-12H,13H2,1-4H3/b21-11-. The van der Waals surface area contributed by atoms with E-state index in [4.69, 9.17) is 9.15 Å². The number of aromatic nitrogens is 1. The first-order chi connectivity index (χ1) is 15.8. The van der Waals surface area contributed by atoms with Crippen LogP contribution in [0.4, 0.5) is 4.79 Å². The summed E-state index contributed by atoms with van der Waals surface area (Å²) in [6.45, 7) is 3.87. The molecular formula is C24H22N2O6S. The van der Waals surface area contributed by atoms with Crippen LogP contribution in [0.25, 0.3) is 11.8 Å². The van der Waals surface area contributed by atoms with E-state index in [0.717, 1.165) is 45.1 Å². The van der Waals surface area contributed by atoms with Crippen LogP contribution < -0.4 is 4.74 Å².